The van der Waals surface area contributed by atoms with E-state index in [1.165, 1.54) is 0 Å². The molecule has 2 atom stereocenters. The summed E-state index contributed by atoms with van der Waals surface area (Å²) < 4.78 is 0. The van der Waals surface area contributed by atoms with E-state index in [0.29, 0.717) is 5.56 Å². The Morgan fingerprint density at radius 2 is 1.94 bits per heavy atom. The van der Waals surface area contributed by atoms with Crippen molar-refractivity contribution >= 4 is 5.97 Å². The fourth-order valence-corrected chi connectivity index (χ4v) is 1.54. The Hall–Kier alpha value is -1.95. The third-order valence-corrected chi connectivity index (χ3v) is 2.46. The molecule has 0 radical (unpaired) electrons. The smallest absolute Gasteiger partial charge is 0.309 e. The van der Waals surface area contributed by atoms with Crippen LogP contribution < -0.4 is 0 Å². The number of nitrogens with zero attached hydrogens (tertiary/aromatic N) is 1. The summed E-state index contributed by atoms with van der Waals surface area (Å²) in [5.74, 6) is -2.40. The average molecular weight is 239 g/mol. The zero-order chi connectivity index (χ0) is 12.8. The molecule has 92 valence electrons. The van der Waals surface area contributed by atoms with E-state index in [1.807, 2.05) is 0 Å². The van der Waals surface area contributed by atoms with Crippen molar-refractivity contribution in [2.24, 2.45) is 5.92 Å². The molecule has 0 bridgehead atoms. The molecule has 0 saturated carbocycles. The SMILES string of the molecule is O=C(O)[C@H](CC[N+](=O)[O-])[C@@H](O)c1ccccc1. The second-order valence-corrected chi connectivity index (χ2v) is 3.65. The average Bonchev–Trinajstić information content (AvgIpc) is 2.29. The van der Waals surface area contributed by atoms with Crippen molar-refractivity contribution < 1.29 is 19.9 Å². The van der Waals surface area contributed by atoms with Gasteiger partial charge in [0.05, 0.1) is 12.0 Å². The van der Waals surface area contributed by atoms with Gasteiger partial charge in [-0.1, -0.05) is 30.3 Å². The molecular weight excluding hydrogens is 226 g/mol. The highest BCUT2D eigenvalue weighted by molar-refractivity contribution is 5.71. The number of hydrogen-bond donors (Lipinski definition) is 2. The van der Waals surface area contributed by atoms with Gasteiger partial charge in [0.2, 0.25) is 6.54 Å². The molecule has 0 amide bonds. The first-order valence-electron chi connectivity index (χ1n) is 5.10. The van der Waals surface area contributed by atoms with Crippen LogP contribution in [0, 0.1) is 16.0 Å². The van der Waals surface area contributed by atoms with Gasteiger partial charge in [-0.05, 0) is 5.56 Å². The summed E-state index contributed by atoms with van der Waals surface area (Å²) in [6.45, 7) is -0.471. The summed E-state index contributed by atoms with van der Waals surface area (Å²) in [6, 6.07) is 8.26. The van der Waals surface area contributed by atoms with Crippen molar-refractivity contribution in [3.63, 3.8) is 0 Å². The predicted molar refractivity (Wildman–Crippen MR) is 59.0 cm³/mol. The Kier molecular flexibility index (Phi) is 4.59. The summed E-state index contributed by atoms with van der Waals surface area (Å²) >= 11 is 0. The van der Waals surface area contributed by atoms with Crippen LogP contribution in [-0.2, 0) is 4.79 Å². The minimum atomic E-state index is -1.23. The molecule has 0 aliphatic carbocycles. The molecule has 2 N–H and O–H groups in total. The fourth-order valence-electron chi connectivity index (χ4n) is 1.54. The highest BCUT2D eigenvalue weighted by atomic mass is 16.6. The number of carbonyl (C=O) groups is 1. The van der Waals surface area contributed by atoms with Gasteiger partial charge in [0.25, 0.3) is 0 Å². The van der Waals surface area contributed by atoms with E-state index in [1.54, 1.807) is 30.3 Å². The van der Waals surface area contributed by atoms with Gasteiger partial charge < -0.3 is 10.2 Å². The minimum Gasteiger partial charge on any atom is -0.481 e. The number of benzene rings is 1. The van der Waals surface area contributed by atoms with Gasteiger partial charge in [0.15, 0.2) is 0 Å². The summed E-state index contributed by atoms with van der Waals surface area (Å²) in [7, 11) is 0. The maximum absolute atomic E-state index is 10.9. The van der Waals surface area contributed by atoms with Crippen molar-refractivity contribution in [1.29, 1.82) is 0 Å². The van der Waals surface area contributed by atoms with E-state index in [-0.39, 0.29) is 6.42 Å². The lowest BCUT2D eigenvalue weighted by atomic mass is 9.93. The van der Waals surface area contributed by atoms with Gasteiger partial charge in [-0.3, -0.25) is 14.9 Å². The lowest BCUT2D eigenvalue weighted by Gasteiger charge is -2.17. The number of nitro groups is 1. The monoisotopic (exact) mass is 239 g/mol. The molecule has 0 aliphatic heterocycles. The third-order valence-electron chi connectivity index (χ3n) is 2.46. The number of aliphatic hydroxyl groups excluding tert-OH is 1. The molecule has 17 heavy (non-hydrogen) atoms. The molecule has 0 unspecified atom stereocenters. The van der Waals surface area contributed by atoms with Crippen LogP contribution in [0.2, 0.25) is 0 Å². The third kappa shape index (κ3) is 3.84. The Balaban J connectivity index is 2.77. The molecule has 6 heteroatoms. The summed E-state index contributed by atoms with van der Waals surface area (Å²) in [4.78, 5) is 20.6. The largest absolute Gasteiger partial charge is 0.481 e. The summed E-state index contributed by atoms with van der Waals surface area (Å²) in [5.41, 5.74) is 0.447. The molecule has 0 aliphatic rings. The number of carboxylic acids is 1. The van der Waals surface area contributed by atoms with Gasteiger partial charge in [-0.15, -0.1) is 0 Å². The Morgan fingerprint density at radius 3 is 2.41 bits per heavy atom. The van der Waals surface area contributed by atoms with Crippen molar-refractivity contribution in [2.45, 2.75) is 12.5 Å². The van der Waals surface area contributed by atoms with E-state index < -0.39 is 29.5 Å². The first-order valence-corrected chi connectivity index (χ1v) is 5.10. The van der Waals surface area contributed by atoms with Crippen molar-refractivity contribution in [3.05, 3.63) is 46.0 Å². The second-order valence-electron chi connectivity index (χ2n) is 3.65. The molecule has 0 fully saturated rings. The van der Waals surface area contributed by atoms with E-state index in [0.717, 1.165) is 0 Å². The van der Waals surface area contributed by atoms with Gasteiger partial charge in [-0.2, -0.15) is 0 Å². The van der Waals surface area contributed by atoms with E-state index >= 15 is 0 Å². The minimum absolute atomic E-state index is 0.196. The molecule has 6 nitrogen and oxygen atoms in total. The molecule has 0 heterocycles. The van der Waals surface area contributed by atoms with Gasteiger partial charge in [0.1, 0.15) is 0 Å². The van der Waals surface area contributed by atoms with Crippen molar-refractivity contribution in [3.8, 4) is 0 Å². The molecule has 0 aromatic heterocycles. The lowest BCUT2D eigenvalue weighted by Crippen LogP contribution is -2.24. The first kappa shape index (κ1) is 13.1. The number of aliphatic carboxylic acids is 1. The molecule has 0 spiro atoms. The predicted octanol–water partition coefficient (Wildman–Crippen LogP) is 1.09. The zero-order valence-corrected chi connectivity index (χ0v) is 9.02. The number of carboxylic acid groups (broad SMARTS) is 1. The second kappa shape index (κ2) is 5.95. The molecule has 1 aromatic rings. The van der Waals surface area contributed by atoms with Crippen LogP contribution in [0.4, 0.5) is 0 Å². The van der Waals surface area contributed by atoms with Crippen molar-refractivity contribution in [1.82, 2.24) is 0 Å². The van der Waals surface area contributed by atoms with Crippen LogP contribution in [0.25, 0.3) is 0 Å². The number of aliphatic hydroxyl groups is 1. The zero-order valence-electron chi connectivity index (χ0n) is 9.02. The lowest BCUT2D eigenvalue weighted by molar-refractivity contribution is -0.481. The van der Waals surface area contributed by atoms with Gasteiger partial charge >= 0.3 is 5.97 Å². The maximum Gasteiger partial charge on any atom is 0.309 e. The highest BCUT2D eigenvalue weighted by Crippen LogP contribution is 2.24. The normalized spacial score (nSPS) is 13.9. The quantitative estimate of drug-likeness (QED) is 0.571. The van der Waals surface area contributed by atoms with Crippen LogP contribution >= 0.6 is 0 Å². The molecular formula is C11H13NO5. The number of hydrogen-bond acceptors (Lipinski definition) is 4. The Bertz CT molecular complexity index is 392. The first-order chi connectivity index (χ1) is 8.02. The molecule has 1 rings (SSSR count). The fraction of sp³-hybridized carbons (Fsp3) is 0.364. The van der Waals surface area contributed by atoms with Gasteiger partial charge in [0, 0.05) is 11.3 Å². The number of rotatable bonds is 6. The summed E-state index contributed by atoms with van der Waals surface area (Å²) in [5, 5.41) is 29.0. The van der Waals surface area contributed by atoms with E-state index in [9.17, 15) is 20.0 Å². The van der Waals surface area contributed by atoms with Crippen LogP contribution in [0.5, 0.6) is 0 Å². The standard InChI is InChI=1S/C11H13NO5/c13-10(8-4-2-1-3-5-8)9(11(14)15)6-7-12(16)17/h1-5,9-10,13H,6-7H2,(H,14,15)/t9-,10+/m1/s1. The van der Waals surface area contributed by atoms with Crippen LogP contribution in [-0.4, -0.2) is 27.7 Å². The van der Waals surface area contributed by atoms with Gasteiger partial charge in [-0.25, -0.2) is 0 Å². The molecule has 0 saturated heterocycles. The van der Waals surface area contributed by atoms with E-state index in [2.05, 4.69) is 0 Å². The highest BCUT2D eigenvalue weighted by Gasteiger charge is 2.29. The van der Waals surface area contributed by atoms with Crippen LogP contribution in [0.3, 0.4) is 0 Å². The van der Waals surface area contributed by atoms with Crippen molar-refractivity contribution in [2.75, 3.05) is 6.54 Å². The Labute approximate surface area is 97.7 Å². The Morgan fingerprint density at radius 1 is 1.35 bits per heavy atom. The summed E-state index contributed by atoms with van der Waals surface area (Å²) in [6.07, 6.45) is -1.42. The molecule has 1 aromatic carbocycles. The van der Waals surface area contributed by atoms with Crippen LogP contribution in [0.15, 0.2) is 30.3 Å². The topological polar surface area (TPSA) is 101 Å². The van der Waals surface area contributed by atoms with E-state index in [4.69, 9.17) is 5.11 Å². The van der Waals surface area contributed by atoms with Crippen LogP contribution in [0.1, 0.15) is 18.1 Å². The maximum atomic E-state index is 10.9.